The molecule has 1 atom stereocenters. The van der Waals surface area contributed by atoms with Crippen LogP contribution in [-0.4, -0.2) is 36.1 Å². The van der Waals surface area contributed by atoms with E-state index < -0.39 is 22.9 Å². The monoisotopic (exact) mass is 619 g/mol. The van der Waals surface area contributed by atoms with Crippen molar-refractivity contribution in [1.82, 2.24) is 14.8 Å². The molecule has 6 rings (SSSR count). The third kappa shape index (κ3) is 5.93. The molecular weight excluding hydrogens is 592 g/mol. The van der Waals surface area contributed by atoms with Gasteiger partial charge in [0.15, 0.2) is 16.8 Å². The molecule has 0 radical (unpaired) electrons. The Bertz CT molecular complexity index is 1860. The molecule has 2 heterocycles. The molecule has 11 heteroatoms. The third-order valence-electron chi connectivity index (χ3n) is 7.31. The first-order chi connectivity index (χ1) is 20.7. The summed E-state index contributed by atoms with van der Waals surface area (Å²) in [6.45, 7) is 3.92. The van der Waals surface area contributed by atoms with Gasteiger partial charge in [-0.1, -0.05) is 35.9 Å². The molecular formula is C32H27F2N3O4S2. The highest BCUT2D eigenvalue weighted by Crippen LogP contribution is 2.46. The number of rotatable bonds is 9. The Morgan fingerprint density at radius 1 is 1.07 bits per heavy atom. The molecule has 0 bridgehead atoms. The van der Waals surface area contributed by atoms with Gasteiger partial charge < -0.3 is 9.29 Å². The number of hydrogen-bond donors (Lipinski definition) is 1. The molecule has 43 heavy (non-hydrogen) atoms. The maximum absolute atomic E-state index is 15.1. The molecule has 0 aliphatic heterocycles. The molecule has 220 valence electrons. The predicted octanol–water partition coefficient (Wildman–Crippen LogP) is 7.47. The van der Waals surface area contributed by atoms with Crippen molar-refractivity contribution in [3.05, 3.63) is 106 Å². The van der Waals surface area contributed by atoms with Crippen molar-refractivity contribution in [3.63, 3.8) is 0 Å². The van der Waals surface area contributed by atoms with Crippen molar-refractivity contribution in [2.24, 2.45) is 0 Å². The van der Waals surface area contributed by atoms with Gasteiger partial charge in [0.2, 0.25) is 5.13 Å². The van der Waals surface area contributed by atoms with Gasteiger partial charge >= 0.3 is 5.97 Å². The van der Waals surface area contributed by atoms with Gasteiger partial charge in [0.05, 0.1) is 18.0 Å². The van der Waals surface area contributed by atoms with Crippen LogP contribution in [0.15, 0.2) is 70.9 Å². The molecule has 3 aromatic carbocycles. The minimum Gasteiger partial charge on any atom is -0.461 e. The second-order valence-corrected chi connectivity index (χ2v) is 12.2. The molecule has 1 fully saturated rings. The smallest absolute Gasteiger partial charge is 0.357 e. The van der Waals surface area contributed by atoms with Crippen LogP contribution in [0.3, 0.4) is 0 Å². The molecule has 1 unspecified atom stereocenters. The second-order valence-electron chi connectivity index (χ2n) is 10.4. The molecule has 0 amide bonds. The highest BCUT2D eigenvalue weighted by Gasteiger charge is 2.34. The topological polar surface area (TPSA) is 94.3 Å². The molecule has 2 aromatic heterocycles. The van der Waals surface area contributed by atoms with Crippen LogP contribution in [0.2, 0.25) is 0 Å². The summed E-state index contributed by atoms with van der Waals surface area (Å²) in [6, 6.07) is 16.6. The number of aryl methyl sites for hydroxylation is 1. The Morgan fingerprint density at radius 2 is 1.81 bits per heavy atom. The molecule has 5 aromatic rings. The van der Waals surface area contributed by atoms with Crippen LogP contribution < -0.4 is 0 Å². The molecule has 0 saturated heterocycles. The van der Waals surface area contributed by atoms with E-state index in [9.17, 15) is 17.9 Å². The first kappa shape index (κ1) is 29.0. The van der Waals surface area contributed by atoms with E-state index in [1.165, 1.54) is 29.5 Å². The molecule has 1 saturated carbocycles. The van der Waals surface area contributed by atoms with Gasteiger partial charge in [-0.05, 0) is 68.1 Å². The lowest BCUT2D eigenvalue weighted by molar-refractivity contribution is 0.0520. The van der Waals surface area contributed by atoms with Gasteiger partial charge in [-0.15, -0.1) is 11.3 Å². The lowest BCUT2D eigenvalue weighted by Gasteiger charge is -2.10. The van der Waals surface area contributed by atoms with E-state index in [1.54, 1.807) is 35.2 Å². The summed E-state index contributed by atoms with van der Waals surface area (Å²) < 4.78 is 57.7. The Balaban J connectivity index is 1.52. The van der Waals surface area contributed by atoms with Gasteiger partial charge in [0.25, 0.3) is 0 Å². The average molecular weight is 620 g/mol. The lowest BCUT2D eigenvalue weighted by atomic mass is 9.95. The molecule has 1 N–H and O–H groups in total. The SMILES string of the molecule is CCOC(=O)c1csc(-n2nc(-c3ccc(F)c(-c4ccc(C)cc4)c3)c(Cc3ccc(S(=O)O)c(F)c3)c2C2CC2)n1. The van der Waals surface area contributed by atoms with Crippen molar-refractivity contribution >= 4 is 28.4 Å². The summed E-state index contributed by atoms with van der Waals surface area (Å²) in [5.74, 6) is -1.51. The quantitative estimate of drug-likeness (QED) is 0.136. The van der Waals surface area contributed by atoms with Crippen molar-refractivity contribution in [1.29, 1.82) is 0 Å². The number of ether oxygens (including phenoxy) is 1. The Morgan fingerprint density at radius 3 is 2.49 bits per heavy atom. The maximum atomic E-state index is 15.1. The number of carbonyl (C=O) groups excluding carboxylic acids is 1. The fraction of sp³-hybridized carbons (Fsp3) is 0.219. The zero-order valence-electron chi connectivity index (χ0n) is 23.3. The van der Waals surface area contributed by atoms with Crippen molar-refractivity contribution < 1.29 is 27.1 Å². The number of aromatic nitrogens is 3. The lowest BCUT2D eigenvalue weighted by Crippen LogP contribution is -2.07. The van der Waals surface area contributed by atoms with Gasteiger partial charge in [0, 0.05) is 34.4 Å². The number of nitrogens with zero attached hydrogens (tertiary/aromatic N) is 3. The Labute approximate surface area is 253 Å². The fourth-order valence-electron chi connectivity index (χ4n) is 5.08. The maximum Gasteiger partial charge on any atom is 0.357 e. The summed E-state index contributed by atoms with van der Waals surface area (Å²) in [5.41, 5.74) is 5.92. The predicted molar refractivity (Wildman–Crippen MR) is 161 cm³/mol. The summed E-state index contributed by atoms with van der Waals surface area (Å²) in [7, 11) is 0. The summed E-state index contributed by atoms with van der Waals surface area (Å²) in [6.07, 6.45) is 2.11. The van der Waals surface area contributed by atoms with Crippen LogP contribution in [0.25, 0.3) is 27.5 Å². The number of hydrogen-bond acceptors (Lipinski definition) is 6. The van der Waals surface area contributed by atoms with Crippen molar-refractivity contribution in [3.8, 4) is 27.5 Å². The van der Waals surface area contributed by atoms with E-state index in [0.29, 0.717) is 27.5 Å². The standard InChI is InChI=1S/C32H27F2N3O4S2/c1-3-41-31(38)27-17-42-32(35-27)37-30(21-9-10-21)24(14-19-6-13-28(43(39)40)26(34)15-19)29(36-37)22-11-12-25(33)23(16-22)20-7-4-18(2)5-8-20/h4-8,11-13,15-17,21H,3,9-10,14H2,1-2H3,(H,39,40). The fourth-order valence-corrected chi connectivity index (χ4v) is 6.25. The van der Waals surface area contributed by atoms with E-state index in [-0.39, 0.29) is 35.4 Å². The van der Waals surface area contributed by atoms with Crippen LogP contribution in [0, 0.1) is 18.6 Å². The minimum absolute atomic E-state index is 0.164. The minimum atomic E-state index is -2.45. The zero-order valence-corrected chi connectivity index (χ0v) is 25.0. The highest BCUT2D eigenvalue weighted by molar-refractivity contribution is 7.79. The molecule has 7 nitrogen and oxygen atoms in total. The van der Waals surface area contributed by atoms with Crippen LogP contribution in [0.1, 0.15) is 58.6 Å². The average Bonchev–Trinajstić information content (AvgIpc) is 3.57. The number of carbonyl (C=O) groups is 1. The number of esters is 1. The highest BCUT2D eigenvalue weighted by atomic mass is 32.2. The van der Waals surface area contributed by atoms with E-state index in [1.807, 2.05) is 31.2 Å². The van der Waals surface area contributed by atoms with E-state index >= 15 is 4.39 Å². The van der Waals surface area contributed by atoms with Gasteiger partial charge in [-0.2, -0.15) is 5.10 Å². The van der Waals surface area contributed by atoms with Crippen LogP contribution in [0.5, 0.6) is 0 Å². The van der Waals surface area contributed by atoms with E-state index in [4.69, 9.17) is 9.84 Å². The van der Waals surface area contributed by atoms with Crippen LogP contribution in [0.4, 0.5) is 8.78 Å². The van der Waals surface area contributed by atoms with Crippen molar-refractivity contribution in [2.75, 3.05) is 6.61 Å². The number of benzene rings is 3. The normalized spacial score (nSPS) is 13.7. The van der Waals surface area contributed by atoms with Gasteiger partial charge in [-0.25, -0.2) is 27.5 Å². The Hall–Kier alpha value is -4.06. The zero-order chi connectivity index (χ0) is 30.2. The number of halogens is 2. The largest absolute Gasteiger partial charge is 0.461 e. The summed E-state index contributed by atoms with van der Waals surface area (Å²) in [4.78, 5) is 16.6. The van der Waals surface area contributed by atoms with Crippen molar-refractivity contribution in [2.45, 2.75) is 43.9 Å². The first-order valence-corrected chi connectivity index (χ1v) is 15.7. The molecule has 0 spiro atoms. The Kier molecular flexibility index (Phi) is 8.04. The number of thiazole rings is 1. The van der Waals surface area contributed by atoms with E-state index in [0.717, 1.165) is 35.2 Å². The molecule has 1 aliphatic rings. The van der Waals surface area contributed by atoms with Crippen LogP contribution >= 0.6 is 11.3 Å². The molecule has 1 aliphatic carbocycles. The van der Waals surface area contributed by atoms with Gasteiger partial charge in [0.1, 0.15) is 16.5 Å². The summed E-state index contributed by atoms with van der Waals surface area (Å²) in [5, 5.41) is 7.09. The van der Waals surface area contributed by atoms with Gasteiger partial charge in [-0.3, -0.25) is 0 Å². The van der Waals surface area contributed by atoms with E-state index in [2.05, 4.69) is 4.98 Å². The first-order valence-electron chi connectivity index (χ1n) is 13.7. The van der Waals surface area contributed by atoms with Crippen LogP contribution in [-0.2, 0) is 22.2 Å². The second kappa shape index (κ2) is 11.9. The third-order valence-corrected chi connectivity index (χ3v) is 8.84. The summed E-state index contributed by atoms with van der Waals surface area (Å²) >= 11 is -1.19.